The molecule has 0 atom stereocenters. The molecule has 0 N–H and O–H groups in total. The molecule has 0 aliphatic carbocycles. The predicted octanol–water partition coefficient (Wildman–Crippen LogP) is 19.0. The van der Waals surface area contributed by atoms with Gasteiger partial charge in [0.25, 0.3) is 0 Å². The Kier molecular flexibility index (Phi) is 37.0. The van der Waals surface area contributed by atoms with E-state index in [9.17, 15) is 43.2 Å². The molecule has 8 aromatic carbocycles. The number of aryl methyl sites for hydroxylation is 7. The average Bonchev–Trinajstić information content (AvgIpc) is 0.927. The van der Waals surface area contributed by atoms with Crippen molar-refractivity contribution in [3.63, 3.8) is 0 Å². The van der Waals surface area contributed by atoms with Crippen LogP contribution in [0.25, 0.3) is 0 Å². The summed E-state index contributed by atoms with van der Waals surface area (Å²) >= 11 is 11.4. The maximum Gasteiger partial charge on any atom is 0.203 e. The molecule has 8 rings (SSSR count). The van der Waals surface area contributed by atoms with Crippen LogP contribution in [0, 0.1) is 66.7 Å². The fourth-order valence-corrected chi connectivity index (χ4v) is 9.38. The molecule has 0 saturated carbocycles. The van der Waals surface area contributed by atoms with Crippen molar-refractivity contribution in [3.8, 4) is 34.8 Å². The van der Waals surface area contributed by atoms with Crippen molar-refractivity contribution in [1.29, 1.82) is 5.26 Å². The Balaban J connectivity index is 0.000000555. The third kappa shape index (κ3) is 29.6. The highest BCUT2D eigenvalue weighted by Gasteiger charge is 2.15. The molecule has 0 aromatic heterocycles. The van der Waals surface area contributed by atoms with E-state index in [0.717, 1.165) is 38.9 Å². The van der Waals surface area contributed by atoms with Gasteiger partial charge in [-0.2, -0.15) is 5.26 Å². The monoisotopic (exact) mass is 1360 g/mol. The minimum Gasteiger partial charge on any atom is -0.497 e. The minimum atomic E-state index is -0.0718. The van der Waals surface area contributed by atoms with E-state index in [2.05, 4.69) is 13.0 Å². The molecule has 0 saturated heterocycles. The second kappa shape index (κ2) is 42.3. The van der Waals surface area contributed by atoms with Crippen LogP contribution >= 0.6 is 23.2 Å². The van der Waals surface area contributed by atoms with E-state index in [-0.39, 0.29) is 52.0 Å². The number of hydrogen-bond donors (Lipinski definition) is 0. The number of rotatable bonds is 14. The van der Waals surface area contributed by atoms with Gasteiger partial charge in [-0.3, -0.25) is 43.2 Å². The molecule has 0 heterocycles. The van der Waals surface area contributed by atoms with Gasteiger partial charge in [0.1, 0.15) is 11.5 Å². The Labute approximate surface area is 582 Å². The van der Waals surface area contributed by atoms with Crippen LogP contribution in [0.15, 0.2) is 140 Å². The first-order valence-electron chi connectivity index (χ1n) is 30.3. The van der Waals surface area contributed by atoms with Gasteiger partial charge in [0, 0.05) is 61.2 Å². The Morgan fingerprint density at radius 1 is 0.340 bits per heavy atom. The highest BCUT2D eigenvalue weighted by atomic mass is 35.5. The summed E-state index contributed by atoms with van der Waals surface area (Å²) in [4.78, 5) is 98.9. The number of benzene rings is 8. The van der Waals surface area contributed by atoms with Crippen LogP contribution in [0.5, 0.6) is 28.7 Å². The van der Waals surface area contributed by atoms with Gasteiger partial charge in [0.15, 0.2) is 63.5 Å². The van der Waals surface area contributed by atoms with Gasteiger partial charge in [0.2, 0.25) is 5.75 Å². The van der Waals surface area contributed by atoms with Crippen LogP contribution in [-0.2, 0) is 0 Å². The zero-order chi connectivity index (χ0) is 74.1. The lowest BCUT2D eigenvalue weighted by atomic mass is 9.97. The van der Waals surface area contributed by atoms with Crippen molar-refractivity contribution in [3.05, 3.63) is 250 Å². The number of ketones is 9. The molecular formula is C80H89Cl2NO14. The minimum absolute atomic E-state index is 0.00259. The maximum absolute atomic E-state index is 11.2. The van der Waals surface area contributed by atoms with Crippen molar-refractivity contribution in [2.45, 2.75) is 118 Å². The Bertz CT molecular complexity index is 4010. The van der Waals surface area contributed by atoms with Crippen LogP contribution in [0.4, 0.5) is 0 Å². The van der Waals surface area contributed by atoms with Gasteiger partial charge >= 0.3 is 0 Å². The molecule has 0 fully saturated rings. The lowest BCUT2D eigenvalue weighted by Crippen LogP contribution is -2.00. The second-order valence-corrected chi connectivity index (χ2v) is 23.1. The molecule has 0 aliphatic heterocycles. The van der Waals surface area contributed by atoms with Crippen molar-refractivity contribution in [2.75, 3.05) is 35.5 Å². The van der Waals surface area contributed by atoms with E-state index < -0.39 is 0 Å². The maximum atomic E-state index is 11.2. The molecule has 8 aromatic rings. The standard InChI is InChI=1S/C11H14O4.2C11H14O.C10H12O3.C10H10O2.C10H12O.C9H7NO.C8H6Cl2O/c1-7(12)8-5-9(13-2)11(15-4)10(6-8)14-3;1-7-5-11(10(4)12)6-8(2)9(7)3;1-7-5-8(2)11(10(4)12)9(3)6-7;1-7(11)8-4-9(12-2)6-10(5-8)13-3;1-7(11)9-3-5-10(6-4-9)8(2)12;1-7-4-8(2)6-10(5-7)9(3)11;1-7(11)9-4-2-3-8(5-9)6-10;1-5(11)7-4-6(9)2-3-8(7)10/h5-6H,1-4H3;2*5-6H,1-4H3;4-6H,1-3H3;3-6H,1-2H3;4-6H,1-3H3;2-5H,1H3;2-4H,1H3. The van der Waals surface area contributed by atoms with E-state index in [1.165, 1.54) is 85.1 Å². The van der Waals surface area contributed by atoms with Gasteiger partial charge in [-0.1, -0.05) is 94.5 Å². The van der Waals surface area contributed by atoms with Crippen LogP contribution in [0.1, 0.15) is 206 Å². The van der Waals surface area contributed by atoms with Crippen LogP contribution in [-0.4, -0.2) is 87.6 Å². The number of hydrogen-bond acceptors (Lipinski definition) is 15. The Hall–Kier alpha value is -10.1. The third-order valence-corrected chi connectivity index (χ3v) is 14.8. The molecule has 97 heavy (non-hydrogen) atoms. The van der Waals surface area contributed by atoms with Gasteiger partial charge < -0.3 is 23.7 Å². The van der Waals surface area contributed by atoms with E-state index in [1.54, 1.807) is 132 Å². The summed E-state index contributed by atoms with van der Waals surface area (Å²) in [5.41, 5.74) is 15.8. The summed E-state index contributed by atoms with van der Waals surface area (Å²) in [6.07, 6.45) is 0. The number of nitriles is 1. The Morgan fingerprint density at radius 2 is 0.722 bits per heavy atom. The summed E-state index contributed by atoms with van der Waals surface area (Å²) in [6, 6.07) is 42.3. The average molecular weight is 1360 g/mol. The Morgan fingerprint density at radius 3 is 1.06 bits per heavy atom. The number of carbonyl (C=O) groups excluding carboxylic acids is 9. The van der Waals surface area contributed by atoms with Crippen molar-refractivity contribution < 1.29 is 66.8 Å². The first kappa shape index (κ1) is 84.9. The zero-order valence-corrected chi connectivity index (χ0v) is 61.2. The SMILES string of the molecule is CC(=O)c1c(C)cc(C)cc1C.CC(=O)c1cc(C)c(C)c(C)c1.CC(=O)c1cc(C)cc(C)c1.CC(=O)c1cc(Cl)ccc1Cl.CC(=O)c1ccc(C(C)=O)cc1.CC(=O)c1cccc(C#N)c1.COc1cc(C(C)=O)cc(OC)c1OC.COc1cc(OC)cc(C(C)=O)c1. The van der Waals surface area contributed by atoms with Gasteiger partial charge in [0.05, 0.1) is 52.2 Å². The van der Waals surface area contributed by atoms with Crippen LogP contribution in [0.2, 0.25) is 10.0 Å². The molecule has 17 heteroatoms. The number of methoxy groups -OCH3 is 5. The highest BCUT2D eigenvalue weighted by molar-refractivity contribution is 6.35. The first-order chi connectivity index (χ1) is 45.4. The number of Topliss-reactive ketones (excluding diaryl/α,β-unsaturated/α-hetero) is 9. The molecule has 15 nitrogen and oxygen atoms in total. The zero-order valence-electron chi connectivity index (χ0n) is 59.7. The summed E-state index contributed by atoms with van der Waals surface area (Å²) in [7, 11) is 7.66. The molecule has 0 unspecified atom stereocenters. The fourth-order valence-electron chi connectivity index (χ4n) is 8.96. The number of ether oxygens (including phenoxy) is 5. The number of carbonyl (C=O) groups is 9. The summed E-state index contributed by atoms with van der Waals surface area (Å²) < 4.78 is 25.4. The van der Waals surface area contributed by atoms with Gasteiger partial charge in [-0.25, -0.2) is 0 Å². The molecule has 0 aliphatic rings. The topological polar surface area (TPSA) is 224 Å². The first-order valence-corrected chi connectivity index (χ1v) is 31.1. The quantitative estimate of drug-likeness (QED) is 0.0923. The largest absolute Gasteiger partial charge is 0.497 e. The number of nitrogens with zero attached hydrogens (tertiary/aromatic N) is 1. The second-order valence-electron chi connectivity index (χ2n) is 22.3. The lowest BCUT2D eigenvalue weighted by molar-refractivity contribution is 0.100. The van der Waals surface area contributed by atoms with Crippen molar-refractivity contribution >= 4 is 75.3 Å². The third-order valence-electron chi connectivity index (χ3n) is 14.2. The van der Waals surface area contributed by atoms with Gasteiger partial charge in [-0.15, -0.1) is 0 Å². The lowest BCUT2D eigenvalue weighted by Gasteiger charge is -2.12. The van der Waals surface area contributed by atoms with E-state index in [4.69, 9.17) is 52.1 Å². The van der Waals surface area contributed by atoms with Crippen LogP contribution in [0.3, 0.4) is 0 Å². The fraction of sp³-hybridized carbons (Fsp3) is 0.275. The normalized spacial score (nSPS) is 9.60. The number of halogens is 2. The van der Waals surface area contributed by atoms with Crippen LogP contribution < -0.4 is 23.7 Å². The van der Waals surface area contributed by atoms with Crippen molar-refractivity contribution in [2.24, 2.45) is 0 Å². The van der Waals surface area contributed by atoms with Gasteiger partial charge in [-0.05, 0) is 224 Å². The van der Waals surface area contributed by atoms with E-state index >= 15 is 0 Å². The molecule has 0 spiro atoms. The smallest absolute Gasteiger partial charge is 0.203 e. The summed E-state index contributed by atoms with van der Waals surface area (Å²) in [6.45, 7) is 29.9. The van der Waals surface area contributed by atoms with Crippen molar-refractivity contribution in [1.82, 2.24) is 0 Å². The molecule has 0 bridgehead atoms. The highest BCUT2D eigenvalue weighted by Crippen LogP contribution is 2.38. The molecular weight excluding hydrogens is 1270 g/mol. The predicted molar refractivity (Wildman–Crippen MR) is 387 cm³/mol. The van der Waals surface area contributed by atoms with E-state index in [1.807, 2.05) is 90.9 Å². The molecule has 0 radical (unpaired) electrons. The summed E-state index contributed by atoms with van der Waals surface area (Å²) in [5, 5.41) is 9.46. The molecule has 0 amide bonds. The molecule has 512 valence electrons. The summed E-state index contributed by atoms with van der Waals surface area (Å²) in [5.74, 6) is 3.06. The van der Waals surface area contributed by atoms with E-state index in [0.29, 0.717) is 77.7 Å².